The Labute approximate surface area is 179 Å². The number of hydrogen-bond acceptors (Lipinski definition) is 4. The summed E-state index contributed by atoms with van der Waals surface area (Å²) in [5.41, 5.74) is 5.49. The van der Waals surface area contributed by atoms with Crippen molar-refractivity contribution in [3.8, 4) is 0 Å². The van der Waals surface area contributed by atoms with Gasteiger partial charge >= 0.3 is 0 Å². The summed E-state index contributed by atoms with van der Waals surface area (Å²) in [6, 6.07) is 13.5. The van der Waals surface area contributed by atoms with Crippen LogP contribution in [0.1, 0.15) is 56.7 Å². The van der Waals surface area contributed by atoms with E-state index in [0.717, 1.165) is 11.1 Å². The van der Waals surface area contributed by atoms with E-state index in [4.69, 9.17) is 0 Å². The molecule has 0 aliphatic carbocycles. The monoisotopic (exact) mass is 429 g/mol. The van der Waals surface area contributed by atoms with Gasteiger partial charge < -0.3 is 0 Å². The standard InChI is InChI=1S/C23H31N3O3S/c1-16(2)14-22(26-30(28,29)21-12-6-18(5)7-13-21)23(27)25-24-15-19-8-10-20(11-9-19)17(3)4/h6-13,15-17,22,26H,14H2,1-5H3,(H,25,27)/b24-15-/t22-/m1/s1. The van der Waals surface area contributed by atoms with Gasteiger partial charge in [0.05, 0.1) is 11.1 Å². The van der Waals surface area contributed by atoms with Crippen molar-refractivity contribution in [2.75, 3.05) is 0 Å². The molecule has 0 aliphatic rings. The van der Waals surface area contributed by atoms with Gasteiger partial charge in [0.15, 0.2) is 0 Å². The van der Waals surface area contributed by atoms with E-state index in [-0.39, 0.29) is 10.8 Å². The number of carbonyl (C=O) groups is 1. The van der Waals surface area contributed by atoms with Crippen molar-refractivity contribution in [1.29, 1.82) is 0 Å². The average molecular weight is 430 g/mol. The molecule has 2 aromatic carbocycles. The molecule has 1 amide bonds. The first-order chi connectivity index (χ1) is 14.1. The van der Waals surface area contributed by atoms with Crippen LogP contribution in [0.2, 0.25) is 0 Å². The Balaban J connectivity index is 2.08. The van der Waals surface area contributed by atoms with Gasteiger partial charge in [0.25, 0.3) is 5.91 Å². The van der Waals surface area contributed by atoms with Gasteiger partial charge in [-0.2, -0.15) is 9.82 Å². The largest absolute Gasteiger partial charge is 0.271 e. The minimum Gasteiger partial charge on any atom is -0.271 e. The van der Waals surface area contributed by atoms with E-state index in [9.17, 15) is 13.2 Å². The van der Waals surface area contributed by atoms with Crippen LogP contribution in [0.15, 0.2) is 58.5 Å². The third kappa shape index (κ3) is 7.07. The van der Waals surface area contributed by atoms with Crippen LogP contribution < -0.4 is 10.1 Å². The van der Waals surface area contributed by atoms with E-state index in [2.05, 4.69) is 29.1 Å². The van der Waals surface area contributed by atoms with Crippen LogP contribution in [0.3, 0.4) is 0 Å². The highest BCUT2D eigenvalue weighted by Gasteiger charge is 2.26. The zero-order valence-corrected chi connectivity index (χ0v) is 19.0. The minimum absolute atomic E-state index is 0.119. The fourth-order valence-electron chi connectivity index (χ4n) is 2.87. The number of amides is 1. The van der Waals surface area contributed by atoms with Crippen molar-refractivity contribution in [2.45, 2.75) is 57.9 Å². The van der Waals surface area contributed by atoms with Crippen molar-refractivity contribution in [1.82, 2.24) is 10.1 Å². The van der Waals surface area contributed by atoms with E-state index in [1.165, 1.54) is 17.7 Å². The summed E-state index contributed by atoms with van der Waals surface area (Å²) in [5.74, 6) is 0.0671. The van der Waals surface area contributed by atoms with Gasteiger partial charge in [-0.3, -0.25) is 4.79 Å². The summed E-state index contributed by atoms with van der Waals surface area (Å²) in [5, 5.41) is 4.00. The normalized spacial score (nSPS) is 13.2. The molecule has 0 bridgehead atoms. The lowest BCUT2D eigenvalue weighted by molar-refractivity contribution is -0.123. The molecule has 0 aromatic heterocycles. The second-order valence-corrected chi connectivity index (χ2v) is 9.89. The minimum atomic E-state index is -3.82. The summed E-state index contributed by atoms with van der Waals surface area (Å²) in [6.45, 7) is 9.99. The third-order valence-corrected chi connectivity index (χ3v) is 6.13. The van der Waals surface area contributed by atoms with E-state index in [1.54, 1.807) is 18.3 Å². The number of aryl methyl sites for hydroxylation is 1. The van der Waals surface area contributed by atoms with E-state index in [1.807, 2.05) is 45.0 Å². The van der Waals surface area contributed by atoms with Gasteiger partial charge in [-0.15, -0.1) is 0 Å². The van der Waals surface area contributed by atoms with Crippen molar-refractivity contribution in [3.05, 3.63) is 65.2 Å². The number of benzene rings is 2. The van der Waals surface area contributed by atoms with Crippen LogP contribution in [0.4, 0.5) is 0 Å². The maximum atomic E-state index is 12.7. The SMILES string of the molecule is Cc1ccc(S(=O)(=O)N[C@H](CC(C)C)C(=O)N/N=C\c2ccc(C(C)C)cc2)cc1. The van der Waals surface area contributed by atoms with Gasteiger partial charge in [-0.1, -0.05) is 69.7 Å². The van der Waals surface area contributed by atoms with Crippen molar-refractivity contribution in [3.63, 3.8) is 0 Å². The third-order valence-electron chi connectivity index (χ3n) is 4.64. The lowest BCUT2D eigenvalue weighted by Crippen LogP contribution is -2.46. The van der Waals surface area contributed by atoms with E-state index in [0.29, 0.717) is 12.3 Å². The molecule has 6 nitrogen and oxygen atoms in total. The van der Waals surface area contributed by atoms with Gasteiger partial charge in [0.1, 0.15) is 6.04 Å². The van der Waals surface area contributed by atoms with Crippen LogP contribution >= 0.6 is 0 Å². The van der Waals surface area contributed by atoms with Gasteiger partial charge in [0.2, 0.25) is 10.0 Å². The molecule has 2 N–H and O–H groups in total. The highest BCUT2D eigenvalue weighted by Crippen LogP contribution is 2.15. The summed E-state index contributed by atoms with van der Waals surface area (Å²) >= 11 is 0. The Hall–Kier alpha value is -2.51. The molecule has 0 radical (unpaired) electrons. The molecular weight excluding hydrogens is 398 g/mol. The van der Waals surface area contributed by atoms with Crippen molar-refractivity contribution in [2.24, 2.45) is 11.0 Å². The molecule has 0 saturated carbocycles. The zero-order valence-electron chi connectivity index (χ0n) is 18.2. The number of nitrogens with zero attached hydrogens (tertiary/aromatic N) is 1. The lowest BCUT2D eigenvalue weighted by Gasteiger charge is -2.19. The van der Waals surface area contributed by atoms with E-state index >= 15 is 0 Å². The topological polar surface area (TPSA) is 87.6 Å². The Bertz CT molecular complexity index is 964. The molecule has 2 rings (SSSR count). The zero-order chi connectivity index (χ0) is 22.3. The van der Waals surface area contributed by atoms with Gasteiger partial charge in [-0.05, 0) is 48.4 Å². The molecule has 0 spiro atoms. The molecule has 0 fully saturated rings. The number of sulfonamides is 1. The number of nitrogens with one attached hydrogen (secondary N) is 2. The summed E-state index contributed by atoms with van der Waals surface area (Å²) in [4.78, 5) is 12.8. The first-order valence-corrected chi connectivity index (χ1v) is 11.6. The maximum Gasteiger partial charge on any atom is 0.258 e. The Morgan fingerprint density at radius 2 is 1.60 bits per heavy atom. The fourth-order valence-corrected chi connectivity index (χ4v) is 4.08. The van der Waals surface area contributed by atoms with E-state index < -0.39 is 22.0 Å². The number of carbonyl (C=O) groups excluding carboxylic acids is 1. The first-order valence-electron chi connectivity index (χ1n) is 10.1. The van der Waals surface area contributed by atoms with Crippen LogP contribution in [-0.4, -0.2) is 26.6 Å². The summed E-state index contributed by atoms with van der Waals surface area (Å²) < 4.78 is 27.9. The molecule has 162 valence electrons. The Morgan fingerprint density at radius 3 is 2.13 bits per heavy atom. The first kappa shape index (κ1) is 23.8. The molecule has 0 saturated heterocycles. The molecular formula is C23H31N3O3S. The predicted molar refractivity (Wildman–Crippen MR) is 121 cm³/mol. The molecule has 2 aromatic rings. The van der Waals surface area contributed by atoms with Gasteiger partial charge in [0, 0.05) is 0 Å². The maximum absolute atomic E-state index is 12.7. The number of hydrogen-bond donors (Lipinski definition) is 2. The Kier molecular flexibility index (Phi) is 8.32. The van der Waals surface area contributed by atoms with Crippen LogP contribution in [0, 0.1) is 12.8 Å². The fraction of sp³-hybridized carbons (Fsp3) is 0.391. The second kappa shape index (κ2) is 10.5. The molecule has 0 heterocycles. The van der Waals surface area contributed by atoms with Crippen LogP contribution in [0.5, 0.6) is 0 Å². The molecule has 7 heteroatoms. The van der Waals surface area contributed by atoms with Crippen molar-refractivity contribution >= 4 is 22.1 Å². The van der Waals surface area contributed by atoms with Crippen LogP contribution in [0.25, 0.3) is 0 Å². The highest BCUT2D eigenvalue weighted by molar-refractivity contribution is 7.89. The van der Waals surface area contributed by atoms with Gasteiger partial charge in [-0.25, -0.2) is 13.8 Å². The highest BCUT2D eigenvalue weighted by atomic mass is 32.2. The lowest BCUT2D eigenvalue weighted by atomic mass is 10.0. The molecule has 0 unspecified atom stereocenters. The summed E-state index contributed by atoms with van der Waals surface area (Å²) in [7, 11) is -3.82. The van der Waals surface area contributed by atoms with Crippen molar-refractivity contribution < 1.29 is 13.2 Å². The molecule has 1 atom stereocenters. The smallest absolute Gasteiger partial charge is 0.258 e. The predicted octanol–water partition coefficient (Wildman–Crippen LogP) is 3.96. The van der Waals surface area contributed by atoms with Crippen LogP contribution in [-0.2, 0) is 14.8 Å². The average Bonchev–Trinajstić information content (AvgIpc) is 2.67. The second-order valence-electron chi connectivity index (χ2n) is 8.17. The molecule has 0 aliphatic heterocycles. The number of hydrazone groups is 1. The summed E-state index contributed by atoms with van der Waals surface area (Å²) in [6.07, 6.45) is 1.90. The number of rotatable bonds is 9. The Morgan fingerprint density at radius 1 is 1.00 bits per heavy atom. The molecule has 30 heavy (non-hydrogen) atoms. The quantitative estimate of drug-likeness (QED) is 0.467.